The van der Waals surface area contributed by atoms with Crippen LogP contribution in [0, 0.1) is 9.39 Å². The molecule has 0 aliphatic carbocycles. The molecule has 0 unspecified atom stereocenters. The summed E-state index contributed by atoms with van der Waals surface area (Å²) in [6.45, 7) is 3.47. The fourth-order valence-electron chi connectivity index (χ4n) is 2.14. The Kier molecular flexibility index (Phi) is 4.81. The average Bonchev–Trinajstić information content (AvgIpc) is 2.40. The zero-order valence-electron chi connectivity index (χ0n) is 11.5. The maximum Gasteiger partial charge on any atom is 0.338 e. The van der Waals surface area contributed by atoms with E-state index in [2.05, 4.69) is 10.6 Å². The quantitative estimate of drug-likeness (QED) is 0.602. The Hall–Kier alpha value is -1.64. The van der Waals surface area contributed by atoms with Crippen LogP contribution in [0.3, 0.4) is 0 Å². The first-order valence-electron chi connectivity index (χ1n) is 6.34. The van der Waals surface area contributed by atoms with E-state index in [9.17, 15) is 14.0 Å². The van der Waals surface area contributed by atoms with Crippen molar-refractivity contribution >= 4 is 34.6 Å². The van der Waals surface area contributed by atoms with Crippen molar-refractivity contribution in [3.05, 3.63) is 44.4 Å². The van der Waals surface area contributed by atoms with Crippen molar-refractivity contribution in [2.24, 2.45) is 0 Å². The van der Waals surface area contributed by atoms with Crippen LogP contribution in [0.1, 0.15) is 25.5 Å². The van der Waals surface area contributed by atoms with Crippen LogP contribution in [0.15, 0.2) is 29.5 Å². The highest BCUT2D eigenvalue weighted by Gasteiger charge is 2.33. The van der Waals surface area contributed by atoms with Gasteiger partial charge in [-0.2, -0.15) is 0 Å². The standard InChI is InChI=1S/C14H14FIN2O3/c1-3-21-13(19)11-7(2)17-14(20)18-12(11)9-6-8(16)4-5-10(9)15/h4-6,12H,3H2,1-2H3,(H2,17,18,20)/t12-/m0/s1. The van der Waals surface area contributed by atoms with Crippen molar-refractivity contribution in [3.8, 4) is 0 Å². The van der Waals surface area contributed by atoms with Crippen LogP contribution in [-0.2, 0) is 9.53 Å². The molecule has 0 spiro atoms. The Balaban J connectivity index is 2.52. The number of halogens is 2. The molecule has 5 nitrogen and oxygen atoms in total. The lowest BCUT2D eigenvalue weighted by Crippen LogP contribution is -2.45. The van der Waals surface area contributed by atoms with Gasteiger partial charge in [0.15, 0.2) is 0 Å². The van der Waals surface area contributed by atoms with Gasteiger partial charge in [0, 0.05) is 14.8 Å². The predicted molar refractivity (Wildman–Crippen MR) is 82.9 cm³/mol. The molecule has 1 aromatic carbocycles. The van der Waals surface area contributed by atoms with E-state index in [0.29, 0.717) is 5.70 Å². The van der Waals surface area contributed by atoms with E-state index in [1.807, 2.05) is 22.6 Å². The van der Waals surface area contributed by atoms with Crippen molar-refractivity contribution in [1.82, 2.24) is 10.6 Å². The van der Waals surface area contributed by atoms with Gasteiger partial charge in [-0.25, -0.2) is 14.0 Å². The molecule has 7 heteroatoms. The second kappa shape index (κ2) is 6.42. The third kappa shape index (κ3) is 3.34. The molecule has 21 heavy (non-hydrogen) atoms. The summed E-state index contributed by atoms with van der Waals surface area (Å²) in [5, 5.41) is 5.08. The highest BCUT2D eigenvalue weighted by molar-refractivity contribution is 14.1. The molecule has 1 heterocycles. The van der Waals surface area contributed by atoms with Crippen LogP contribution in [0.2, 0.25) is 0 Å². The molecule has 2 amide bonds. The number of carbonyl (C=O) groups is 2. The minimum Gasteiger partial charge on any atom is -0.463 e. The fraction of sp³-hybridized carbons (Fsp3) is 0.286. The molecule has 0 saturated heterocycles. The Labute approximate surface area is 135 Å². The SMILES string of the molecule is CCOC(=O)C1=C(C)NC(=O)N[C@H]1c1cc(I)ccc1F. The zero-order chi connectivity index (χ0) is 15.6. The van der Waals surface area contributed by atoms with Crippen LogP contribution in [-0.4, -0.2) is 18.6 Å². The van der Waals surface area contributed by atoms with E-state index < -0.39 is 23.9 Å². The zero-order valence-corrected chi connectivity index (χ0v) is 13.7. The summed E-state index contributed by atoms with van der Waals surface area (Å²) in [7, 11) is 0. The van der Waals surface area contributed by atoms with Crippen molar-refractivity contribution in [2.75, 3.05) is 6.61 Å². The number of urea groups is 1. The molecular weight excluding hydrogens is 390 g/mol. The number of hydrogen-bond acceptors (Lipinski definition) is 3. The second-order valence-corrected chi connectivity index (χ2v) is 5.70. The molecule has 1 aliphatic heterocycles. The first-order valence-corrected chi connectivity index (χ1v) is 7.42. The number of benzene rings is 1. The normalized spacial score (nSPS) is 18.1. The Morgan fingerprint density at radius 1 is 1.48 bits per heavy atom. The first kappa shape index (κ1) is 15.7. The summed E-state index contributed by atoms with van der Waals surface area (Å²) in [6.07, 6.45) is 0. The number of amides is 2. The molecule has 1 aromatic rings. The number of carbonyl (C=O) groups excluding carboxylic acids is 2. The van der Waals surface area contributed by atoms with E-state index in [1.165, 1.54) is 6.07 Å². The second-order valence-electron chi connectivity index (χ2n) is 4.46. The summed E-state index contributed by atoms with van der Waals surface area (Å²) < 4.78 is 19.9. The molecule has 1 atom stereocenters. The van der Waals surface area contributed by atoms with Gasteiger partial charge < -0.3 is 15.4 Å². The van der Waals surface area contributed by atoms with Gasteiger partial charge in [0.05, 0.1) is 18.2 Å². The minimum absolute atomic E-state index is 0.199. The molecule has 112 valence electrons. The smallest absolute Gasteiger partial charge is 0.338 e. The maximum absolute atomic E-state index is 14.1. The van der Waals surface area contributed by atoms with Crippen LogP contribution in [0.5, 0.6) is 0 Å². The molecule has 2 N–H and O–H groups in total. The van der Waals surface area contributed by atoms with Crippen molar-refractivity contribution in [2.45, 2.75) is 19.9 Å². The van der Waals surface area contributed by atoms with Gasteiger partial charge in [0.2, 0.25) is 0 Å². The van der Waals surface area contributed by atoms with Crippen LogP contribution in [0.4, 0.5) is 9.18 Å². The summed E-state index contributed by atoms with van der Waals surface area (Å²) in [5.41, 5.74) is 0.803. The van der Waals surface area contributed by atoms with E-state index in [4.69, 9.17) is 4.74 Å². The Bertz CT molecular complexity index is 631. The van der Waals surface area contributed by atoms with Gasteiger partial charge >= 0.3 is 12.0 Å². The van der Waals surface area contributed by atoms with Gasteiger partial charge in [-0.05, 0) is 54.6 Å². The monoisotopic (exact) mass is 404 g/mol. The lowest BCUT2D eigenvalue weighted by Gasteiger charge is -2.28. The molecule has 1 aliphatic rings. The number of hydrogen-bond donors (Lipinski definition) is 2. The lowest BCUT2D eigenvalue weighted by molar-refractivity contribution is -0.139. The van der Waals surface area contributed by atoms with Crippen LogP contribution < -0.4 is 10.6 Å². The summed E-state index contributed by atoms with van der Waals surface area (Å²) in [6, 6.07) is 3.17. The molecule has 0 saturated carbocycles. The number of ether oxygens (including phenoxy) is 1. The molecule has 0 bridgehead atoms. The maximum atomic E-state index is 14.1. The molecular formula is C14H14FIN2O3. The third-order valence-electron chi connectivity index (χ3n) is 3.03. The van der Waals surface area contributed by atoms with E-state index in [-0.39, 0.29) is 17.7 Å². The molecule has 0 radical (unpaired) electrons. The molecule has 0 fully saturated rings. The van der Waals surface area contributed by atoms with Gasteiger partial charge in [-0.1, -0.05) is 0 Å². The van der Waals surface area contributed by atoms with Crippen molar-refractivity contribution < 1.29 is 18.7 Å². The van der Waals surface area contributed by atoms with E-state index in [1.54, 1.807) is 26.0 Å². The van der Waals surface area contributed by atoms with Gasteiger partial charge in [-0.3, -0.25) is 0 Å². The topological polar surface area (TPSA) is 67.4 Å². The molecule has 2 rings (SSSR count). The van der Waals surface area contributed by atoms with Gasteiger partial charge in [-0.15, -0.1) is 0 Å². The lowest BCUT2D eigenvalue weighted by atomic mass is 9.95. The van der Waals surface area contributed by atoms with Gasteiger partial charge in [0.1, 0.15) is 5.82 Å². The Morgan fingerprint density at radius 2 is 2.19 bits per heavy atom. The summed E-state index contributed by atoms with van der Waals surface area (Å²) in [5.74, 6) is -1.07. The highest BCUT2D eigenvalue weighted by atomic mass is 127. The number of allylic oxidation sites excluding steroid dienone is 1. The number of nitrogens with one attached hydrogen (secondary N) is 2. The van der Waals surface area contributed by atoms with E-state index >= 15 is 0 Å². The average molecular weight is 404 g/mol. The van der Waals surface area contributed by atoms with Crippen molar-refractivity contribution in [3.63, 3.8) is 0 Å². The number of rotatable bonds is 3. The third-order valence-corrected chi connectivity index (χ3v) is 3.70. The first-order chi connectivity index (χ1) is 9.93. The van der Waals surface area contributed by atoms with Crippen molar-refractivity contribution in [1.29, 1.82) is 0 Å². The highest BCUT2D eigenvalue weighted by Crippen LogP contribution is 2.30. The summed E-state index contributed by atoms with van der Waals surface area (Å²) >= 11 is 2.04. The Morgan fingerprint density at radius 3 is 2.86 bits per heavy atom. The minimum atomic E-state index is -0.868. The van der Waals surface area contributed by atoms with E-state index in [0.717, 1.165) is 3.57 Å². The summed E-state index contributed by atoms with van der Waals surface area (Å²) in [4.78, 5) is 23.7. The number of esters is 1. The van der Waals surface area contributed by atoms with Gasteiger partial charge in [0.25, 0.3) is 0 Å². The van der Waals surface area contributed by atoms with Crippen LogP contribution >= 0.6 is 22.6 Å². The largest absolute Gasteiger partial charge is 0.463 e. The van der Waals surface area contributed by atoms with Crippen LogP contribution in [0.25, 0.3) is 0 Å². The fourth-order valence-corrected chi connectivity index (χ4v) is 2.66. The molecule has 0 aromatic heterocycles. The predicted octanol–water partition coefficient (Wildman–Crippen LogP) is 2.62.